The minimum Gasteiger partial charge on any atom is -0.305 e. The summed E-state index contributed by atoms with van der Waals surface area (Å²) in [6, 6.07) is 19.6. The first-order valence-corrected chi connectivity index (χ1v) is 9.58. The van der Waals surface area contributed by atoms with Crippen LogP contribution >= 0.6 is 0 Å². The number of nitrogens with zero attached hydrogens (tertiary/aromatic N) is 2. The number of fused-ring (bicyclic) bond motifs is 3. The predicted molar refractivity (Wildman–Crippen MR) is 102 cm³/mol. The maximum Gasteiger partial charge on any atom is 0.328 e. The number of carbonyl (C=O) groups excluding carboxylic acids is 2. The van der Waals surface area contributed by atoms with Gasteiger partial charge in [-0.2, -0.15) is 0 Å². The van der Waals surface area contributed by atoms with Crippen LogP contribution in [0.2, 0.25) is 0 Å². The first-order valence-electron chi connectivity index (χ1n) is 9.58. The molecule has 1 saturated carbocycles. The number of benzene rings is 2. The van der Waals surface area contributed by atoms with Gasteiger partial charge < -0.3 is 4.90 Å². The largest absolute Gasteiger partial charge is 0.328 e. The smallest absolute Gasteiger partial charge is 0.305 e. The van der Waals surface area contributed by atoms with E-state index >= 15 is 0 Å². The van der Waals surface area contributed by atoms with Crippen molar-refractivity contribution >= 4 is 11.9 Å². The molecule has 2 aromatic carbocycles. The highest BCUT2D eigenvalue weighted by atomic mass is 16.2. The van der Waals surface area contributed by atoms with Crippen molar-refractivity contribution in [3.63, 3.8) is 0 Å². The van der Waals surface area contributed by atoms with Crippen LogP contribution in [0.15, 0.2) is 72.8 Å². The monoisotopic (exact) mass is 358 g/mol. The molecule has 1 aliphatic heterocycles. The Labute approximate surface area is 159 Å². The van der Waals surface area contributed by atoms with Crippen LogP contribution in [-0.2, 0) is 17.9 Å². The van der Waals surface area contributed by atoms with Crippen LogP contribution in [-0.4, -0.2) is 27.3 Å². The third-order valence-corrected chi connectivity index (χ3v) is 6.29. The number of hydrogen-bond acceptors (Lipinski definition) is 2. The number of hydrogen-bond donors (Lipinski definition) is 0. The van der Waals surface area contributed by atoms with Crippen LogP contribution in [0.1, 0.15) is 24.0 Å². The van der Waals surface area contributed by atoms with Crippen LogP contribution in [0.4, 0.5) is 4.79 Å². The van der Waals surface area contributed by atoms with Crippen LogP contribution in [0.5, 0.6) is 0 Å². The van der Waals surface area contributed by atoms with Gasteiger partial charge in [0.25, 0.3) is 5.91 Å². The van der Waals surface area contributed by atoms with Crippen molar-refractivity contribution in [1.82, 2.24) is 9.80 Å². The lowest BCUT2D eigenvalue weighted by Crippen LogP contribution is -2.52. The van der Waals surface area contributed by atoms with Crippen molar-refractivity contribution in [1.29, 1.82) is 0 Å². The summed E-state index contributed by atoms with van der Waals surface area (Å²) in [6.07, 6.45) is 6.10. The third-order valence-electron chi connectivity index (χ3n) is 6.29. The van der Waals surface area contributed by atoms with E-state index in [1.807, 2.05) is 65.6 Å². The number of amides is 3. The lowest BCUT2D eigenvalue weighted by molar-refractivity contribution is -0.135. The Morgan fingerprint density at radius 3 is 2.04 bits per heavy atom. The Bertz CT molecular complexity index is 908. The molecule has 0 radical (unpaired) electrons. The molecule has 1 saturated heterocycles. The molecule has 0 N–H and O–H groups in total. The van der Waals surface area contributed by atoms with Gasteiger partial charge in [-0.15, -0.1) is 0 Å². The highest BCUT2D eigenvalue weighted by Gasteiger charge is 2.64. The van der Waals surface area contributed by atoms with Gasteiger partial charge in [0.15, 0.2) is 0 Å². The van der Waals surface area contributed by atoms with E-state index in [-0.39, 0.29) is 17.9 Å². The molecule has 2 bridgehead atoms. The standard InChI is InChI=1S/C23H22N2O2/c26-21-23(14-19-11-12-20(23)13-19)25(16-18-9-5-2-6-10-18)22(27)24(21)15-17-7-3-1-4-8-17/h1-12,19-20H,13-16H2/t19-,20+,23-/m0/s1. The van der Waals surface area contributed by atoms with E-state index in [9.17, 15) is 9.59 Å². The molecule has 0 aromatic heterocycles. The van der Waals surface area contributed by atoms with Gasteiger partial charge in [0.05, 0.1) is 6.54 Å². The SMILES string of the molecule is O=C1N(Cc2ccccc2)C(=O)[C@@]2(C[C@H]3C=C[C@@H]2C3)N1Cc1ccccc1. The topological polar surface area (TPSA) is 40.6 Å². The summed E-state index contributed by atoms with van der Waals surface area (Å²) >= 11 is 0. The van der Waals surface area contributed by atoms with Gasteiger partial charge in [0.1, 0.15) is 5.54 Å². The molecule has 0 unspecified atom stereocenters. The zero-order chi connectivity index (χ0) is 18.4. The summed E-state index contributed by atoms with van der Waals surface area (Å²) in [5.41, 5.74) is 1.34. The van der Waals surface area contributed by atoms with E-state index in [0.717, 1.165) is 24.0 Å². The molecule has 5 rings (SSSR count). The first-order chi connectivity index (χ1) is 13.2. The number of imide groups is 1. The van der Waals surface area contributed by atoms with Crippen LogP contribution in [0.3, 0.4) is 0 Å². The number of urea groups is 1. The molecule has 3 aliphatic rings. The normalized spacial score (nSPS) is 28.7. The lowest BCUT2D eigenvalue weighted by Gasteiger charge is -2.37. The van der Waals surface area contributed by atoms with E-state index in [0.29, 0.717) is 19.0 Å². The number of carbonyl (C=O) groups is 2. The Hall–Kier alpha value is -2.88. The summed E-state index contributed by atoms with van der Waals surface area (Å²) in [5, 5.41) is 0. The fourth-order valence-electron chi connectivity index (χ4n) is 5.02. The van der Waals surface area contributed by atoms with E-state index < -0.39 is 5.54 Å². The molecule has 27 heavy (non-hydrogen) atoms. The third kappa shape index (κ3) is 2.43. The van der Waals surface area contributed by atoms with E-state index in [4.69, 9.17) is 0 Å². The fourth-order valence-corrected chi connectivity index (χ4v) is 5.02. The molecular weight excluding hydrogens is 336 g/mol. The van der Waals surface area contributed by atoms with E-state index in [1.54, 1.807) is 0 Å². The van der Waals surface area contributed by atoms with Crippen molar-refractivity contribution in [3.05, 3.63) is 83.9 Å². The van der Waals surface area contributed by atoms with Crippen molar-refractivity contribution in [2.45, 2.75) is 31.5 Å². The second kappa shape index (κ2) is 6.08. The maximum atomic E-state index is 13.6. The molecule has 1 spiro atoms. The summed E-state index contributed by atoms with van der Waals surface area (Å²) in [6.45, 7) is 0.820. The second-order valence-electron chi connectivity index (χ2n) is 7.85. The van der Waals surface area contributed by atoms with E-state index in [2.05, 4.69) is 12.2 Å². The van der Waals surface area contributed by atoms with Gasteiger partial charge in [0, 0.05) is 12.5 Å². The molecule has 1 heterocycles. The van der Waals surface area contributed by atoms with Gasteiger partial charge in [-0.1, -0.05) is 72.8 Å². The van der Waals surface area contributed by atoms with Crippen molar-refractivity contribution in [2.75, 3.05) is 0 Å². The van der Waals surface area contributed by atoms with Crippen molar-refractivity contribution in [3.8, 4) is 0 Å². The minimum atomic E-state index is -0.707. The minimum absolute atomic E-state index is 0.0239. The van der Waals surface area contributed by atoms with Crippen molar-refractivity contribution in [2.24, 2.45) is 11.8 Å². The Morgan fingerprint density at radius 1 is 0.852 bits per heavy atom. The lowest BCUT2D eigenvalue weighted by atomic mass is 9.82. The van der Waals surface area contributed by atoms with E-state index in [1.165, 1.54) is 4.90 Å². The predicted octanol–water partition coefficient (Wildman–Crippen LogP) is 3.99. The summed E-state index contributed by atoms with van der Waals surface area (Å²) in [4.78, 5) is 30.2. The Kier molecular flexibility index (Phi) is 3.67. The first kappa shape index (κ1) is 16.3. The fraction of sp³-hybridized carbons (Fsp3) is 0.304. The van der Waals surface area contributed by atoms with Gasteiger partial charge in [0.2, 0.25) is 0 Å². The summed E-state index contributed by atoms with van der Waals surface area (Å²) in [7, 11) is 0. The second-order valence-corrected chi connectivity index (χ2v) is 7.85. The molecule has 136 valence electrons. The number of allylic oxidation sites excluding steroid dienone is 1. The van der Waals surface area contributed by atoms with Crippen LogP contribution in [0.25, 0.3) is 0 Å². The Balaban J connectivity index is 1.52. The van der Waals surface area contributed by atoms with Gasteiger partial charge in [-0.3, -0.25) is 9.69 Å². The maximum absolute atomic E-state index is 13.6. The zero-order valence-corrected chi connectivity index (χ0v) is 15.1. The molecule has 4 nitrogen and oxygen atoms in total. The van der Waals surface area contributed by atoms with Gasteiger partial charge in [-0.05, 0) is 29.9 Å². The highest BCUT2D eigenvalue weighted by molar-refractivity contribution is 6.07. The molecule has 3 atom stereocenters. The van der Waals surface area contributed by atoms with Crippen LogP contribution < -0.4 is 0 Å². The highest BCUT2D eigenvalue weighted by Crippen LogP contribution is 2.53. The number of rotatable bonds is 4. The Morgan fingerprint density at radius 2 is 1.48 bits per heavy atom. The zero-order valence-electron chi connectivity index (χ0n) is 15.1. The molecule has 2 aromatic rings. The van der Waals surface area contributed by atoms with Crippen molar-refractivity contribution < 1.29 is 9.59 Å². The van der Waals surface area contributed by atoms with Gasteiger partial charge >= 0.3 is 6.03 Å². The summed E-state index contributed by atoms with van der Waals surface area (Å²) < 4.78 is 0. The van der Waals surface area contributed by atoms with Crippen LogP contribution in [0, 0.1) is 11.8 Å². The molecule has 4 heteroatoms. The quantitative estimate of drug-likeness (QED) is 0.613. The average Bonchev–Trinajstić information content (AvgIpc) is 3.36. The summed E-state index contributed by atoms with van der Waals surface area (Å²) in [5.74, 6) is 0.509. The van der Waals surface area contributed by atoms with Gasteiger partial charge in [-0.25, -0.2) is 4.79 Å². The molecule has 2 aliphatic carbocycles. The molecule has 3 amide bonds. The average molecular weight is 358 g/mol. The molecule has 2 fully saturated rings. The molecular formula is C23H22N2O2.